The van der Waals surface area contributed by atoms with Gasteiger partial charge in [0.2, 0.25) is 12.4 Å². The number of ether oxygens (including phenoxy) is 6. The smallest absolute Gasteiger partial charge is 0.339 e. The zero-order valence-corrected chi connectivity index (χ0v) is 23.7. The van der Waals surface area contributed by atoms with Crippen LogP contribution in [0.3, 0.4) is 0 Å². The Bertz CT molecular complexity index is 1000. The number of rotatable bonds is 8. The van der Waals surface area contributed by atoms with E-state index in [1.807, 2.05) is 0 Å². The lowest BCUT2D eigenvalue weighted by atomic mass is 9.97. The molecule has 0 aliphatic carbocycles. The average molecular weight is 541 g/mol. The lowest BCUT2D eigenvalue weighted by Crippen LogP contribution is -2.64. The Morgan fingerprint density at radius 1 is 0.811 bits per heavy atom. The van der Waals surface area contributed by atoms with Crippen LogP contribution in [0.2, 0.25) is 18.1 Å². The van der Waals surface area contributed by atoms with E-state index in [-0.39, 0.29) is 10.8 Å². The van der Waals surface area contributed by atoms with E-state index in [4.69, 9.17) is 32.8 Å². The van der Waals surface area contributed by atoms with E-state index < -0.39 is 62.9 Å². The van der Waals surface area contributed by atoms with Gasteiger partial charge in [0.1, 0.15) is 5.75 Å². The maximum absolute atomic E-state index is 12.6. The van der Waals surface area contributed by atoms with Crippen molar-refractivity contribution in [3.05, 3.63) is 24.3 Å². The molecule has 0 N–H and O–H groups in total. The third kappa shape index (κ3) is 7.68. The number of hydrogen-bond acceptors (Lipinski definition) is 11. The van der Waals surface area contributed by atoms with E-state index in [0.29, 0.717) is 5.75 Å². The average Bonchev–Trinajstić information content (AvgIpc) is 2.76. The first-order valence-corrected chi connectivity index (χ1v) is 14.7. The van der Waals surface area contributed by atoms with Crippen LogP contribution in [-0.4, -0.2) is 70.0 Å². The molecule has 5 atom stereocenters. The second kappa shape index (κ2) is 11.9. The molecule has 206 valence electrons. The first kappa shape index (κ1) is 30.1. The summed E-state index contributed by atoms with van der Waals surface area (Å²) < 4.78 is 39.3. The van der Waals surface area contributed by atoms with Crippen molar-refractivity contribution in [1.29, 1.82) is 0 Å². The molecule has 2 rings (SSSR count). The number of para-hydroxylation sites is 2. The first-order chi connectivity index (χ1) is 17.1. The van der Waals surface area contributed by atoms with Gasteiger partial charge < -0.3 is 32.8 Å². The van der Waals surface area contributed by atoms with E-state index in [9.17, 15) is 19.2 Å². The molecule has 1 aromatic carbocycles. The topological polar surface area (TPSA) is 133 Å². The zero-order valence-electron chi connectivity index (χ0n) is 22.7. The summed E-state index contributed by atoms with van der Waals surface area (Å²) in [5, 5.41) is -0.116. The number of carbonyl (C=O) groups is 4. The molecule has 0 amide bonds. The van der Waals surface area contributed by atoms with E-state index >= 15 is 0 Å². The standard InChI is InChI=1S/C25H36O11Si/c1-14(26)31-19-20(32-15(2)27)22(33-16(3)28)24(35-21(19)23(29)30-7)34-17-12-10-11-13-18(17)36-37(8,9)25(4,5)6/h10-13,19-22,24H,1-9H3/t19-,20+,21+,22-,24-/m1/s1. The number of carbonyl (C=O) groups excluding carboxylic acids is 4. The molecule has 0 saturated carbocycles. The summed E-state index contributed by atoms with van der Waals surface area (Å²) in [5.41, 5.74) is 0. The molecular formula is C25H36O11Si. The van der Waals surface area contributed by atoms with Crippen LogP contribution < -0.4 is 9.16 Å². The quantitative estimate of drug-likeness (QED) is 0.273. The molecule has 0 bridgehead atoms. The van der Waals surface area contributed by atoms with Crippen LogP contribution in [0.1, 0.15) is 41.5 Å². The minimum Gasteiger partial charge on any atom is -0.541 e. The summed E-state index contributed by atoms with van der Waals surface area (Å²) in [7, 11) is -1.18. The predicted octanol–water partition coefficient (Wildman–Crippen LogP) is 3.14. The SMILES string of the molecule is COC(=O)[C@H]1O[C@@H](Oc2ccccc2O[Si](C)(C)C(C)(C)C)[C@H](OC(C)=O)[C@@H](OC(C)=O)[C@H]1OC(C)=O. The van der Waals surface area contributed by atoms with Crippen molar-refractivity contribution in [2.45, 2.75) is 90.4 Å². The Labute approximate surface area is 217 Å². The number of benzene rings is 1. The third-order valence-electron chi connectivity index (χ3n) is 6.10. The monoisotopic (exact) mass is 540 g/mol. The summed E-state index contributed by atoms with van der Waals surface area (Å²) in [6.07, 6.45) is -7.34. The molecule has 1 aliphatic rings. The van der Waals surface area contributed by atoms with Gasteiger partial charge in [0.05, 0.1) is 7.11 Å². The number of methoxy groups -OCH3 is 1. The van der Waals surface area contributed by atoms with Crippen molar-refractivity contribution in [2.75, 3.05) is 7.11 Å². The Hall–Kier alpha value is -3.12. The van der Waals surface area contributed by atoms with Crippen molar-refractivity contribution >= 4 is 32.2 Å². The number of hydrogen-bond donors (Lipinski definition) is 0. The van der Waals surface area contributed by atoms with Crippen LogP contribution in [0, 0.1) is 0 Å². The summed E-state index contributed by atoms with van der Waals surface area (Å²) >= 11 is 0. The second-order valence-corrected chi connectivity index (χ2v) is 14.8. The summed E-state index contributed by atoms with van der Waals surface area (Å²) in [5.74, 6) is -2.56. The van der Waals surface area contributed by atoms with Crippen LogP contribution in [0.4, 0.5) is 0 Å². The molecule has 1 heterocycles. The molecule has 1 aliphatic heterocycles. The van der Waals surface area contributed by atoms with Gasteiger partial charge in [0.15, 0.2) is 24.1 Å². The van der Waals surface area contributed by atoms with E-state index in [1.165, 1.54) is 0 Å². The molecule has 12 heteroatoms. The van der Waals surface area contributed by atoms with Gasteiger partial charge in [-0.1, -0.05) is 32.9 Å². The fourth-order valence-electron chi connectivity index (χ4n) is 3.36. The molecular weight excluding hydrogens is 504 g/mol. The molecule has 1 saturated heterocycles. The van der Waals surface area contributed by atoms with Gasteiger partial charge in [-0.3, -0.25) is 14.4 Å². The molecule has 1 aromatic rings. The number of esters is 4. The fraction of sp³-hybridized carbons (Fsp3) is 0.600. The third-order valence-corrected chi connectivity index (χ3v) is 10.4. The highest BCUT2D eigenvalue weighted by molar-refractivity contribution is 6.74. The van der Waals surface area contributed by atoms with Crippen molar-refractivity contribution in [3.8, 4) is 11.5 Å². The summed E-state index contributed by atoms with van der Waals surface area (Å²) in [6, 6.07) is 6.84. The highest BCUT2D eigenvalue weighted by Crippen LogP contribution is 2.41. The highest BCUT2D eigenvalue weighted by atomic mass is 28.4. The highest BCUT2D eigenvalue weighted by Gasteiger charge is 2.56. The Kier molecular flexibility index (Phi) is 9.72. The van der Waals surface area contributed by atoms with E-state index in [0.717, 1.165) is 27.9 Å². The summed E-state index contributed by atoms with van der Waals surface area (Å²) in [6.45, 7) is 13.8. The van der Waals surface area contributed by atoms with Crippen LogP contribution in [0.25, 0.3) is 0 Å². The lowest BCUT2D eigenvalue weighted by Gasteiger charge is -2.43. The molecule has 0 unspecified atom stereocenters. The second-order valence-electron chi connectivity index (χ2n) is 10.1. The molecule has 37 heavy (non-hydrogen) atoms. The Morgan fingerprint density at radius 3 is 1.78 bits per heavy atom. The normalized spacial score (nSPS) is 23.9. The minimum absolute atomic E-state index is 0.116. The molecule has 1 fully saturated rings. The van der Waals surface area contributed by atoms with Gasteiger partial charge in [-0.15, -0.1) is 0 Å². The molecule has 0 radical (unpaired) electrons. The molecule has 11 nitrogen and oxygen atoms in total. The van der Waals surface area contributed by atoms with Gasteiger partial charge in [-0.05, 0) is 30.3 Å². The summed E-state index contributed by atoms with van der Waals surface area (Å²) in [4.78, 5) is 48.4. The predicted molar refractivity (Wildman–Crippen MR) is 132 cm³/mol. The first-order valence-electron chi connectivity index (χ1n) is 11.8. The van der Waals surface area contributed by atoms with Crippen LogP contribution >= 0.6 is 0 Å². The van der Waals surface area contributed by atoms with Gasteiger partial charge in [-0.2, -0.15) is 0 Å². The van der Waals surface area contributed by atoms with Crippen molar-refractivity contribution in [3.63, 3.8) is 0 Å². The van der Waals surface area contributed by atoms with E-state index in [2.05, 4.69) is 33.9 Å². The lowest BCUT2D eigenvalue weighted by molar-refractivity contribution is -0.282. The van der Waals surface area contributed by atoms with Crippen molar-refractivity contribution in [2.24, 2.45) is 0 Å². The van der Waals surface area contributed by atoms with Gasteiger partial charge >= 0.3 is 23.9 Å². The van der Waals surface area contributed by atoms with Gasteiger partial charge in [-0.25, -0.2) is 4.79 Å². The largest absolute Gasteiger partial charge is 0.541 e. The van der Waals surface area contributed by atoms with Crippen molar-refractivity contribution in [1.82, 2.24) is 0 Å². The van der Waals surface area contributed by atoms with Crippen LogP contribution in [0.15, 0.2) is 24.3 Å². The molecule has 0 spiro atoms. The van der Waals surface area contributed by atoms with E-state index in [1.54, 1.807) is 24.3 Å². The molecule has 0 aromatic heterocycles. The van der Waals surface area contributed by atoms with Gasteiger partial charge in [0, 0.05) is 20.8 Å². The maximum Gasteiger partial charge on any atom is 0.339 e. The Morgan fingerprint density at radius 2 is 1.30 bits per heavy atom. The fourth-order valence-corrected chi connectivity index (χ4v) is 4.38. The maximum atomic E-state index is 12.6. The zero-order chi connectivity index (χ0) is 28.1. The van der Waals surface area contributed by atoms with Crippen molar-refractivity contribution < 1.29 is 52.0 Å². The van der Waals surface area contributed by atoms with Crippen LogP contribution in [-0.2, 0) is 42.9 Å². The van der Waals surface area contributed by atoms with Crippen LogP contribution in [0.5, 0.6) is 11.5 Å². The Balaban J connectivity index is 2.56. The minimum atomic E-state index is -2.30. The van der Waals surface area contributed by atoms with Gasteiger partial charge in [0.25, 0.3) is 8.32 Å².